The lowest BCUT2D eigenvalue weighted by Gasteiger charge is -2.24. The predicted molar refractivity (Wildman–Crippen MR) is 94.4 cm³/mol. The van der Waals surface area contributed by atoms with Gasteiger partial charge in [-0.2, -0.15) is 4.98 Å². The maximum atomic E-state index is 13.8. The van der Waals surface area contributed by atoms with E-state index in [4.69, 9.17) is 4.52 Å². The number of hydrogen-bond donors (Lipinski definition) is 0. The number of halogens is 1. The lowest BCUT2D eigenvalue weighted by Crippen LogP contribution is -2.20. The van der Waals surface area contributed by atoms with Crippen LogP contribution in [0.15, 0.2) is 53.1 Å². The van der Waals surface area contributed by atoms with Gasteiger partial charge in [0.15, 0.2) is 9.84 Å². The summed E-state index contributed by atoms with van der Waals surface area (Å²) < 4.78 is 44.8. The number of benzene rings is 2. The van der Waals surface area contributed by atoms with E-state index in [1.54, 1.807) is 12.1 Å². The quantitative estimate of drug-likeness (QED) is 0.695. The summed E-state index contributed by atoms with van der Waals surface area (Å²) in [5.41, 5.74) is 2.11. The van der Waals surface area contributed by atoms with Crippen molar-refractivity contribution in [2.75, 3.05) is 0 Å². The number of aromatic nitrogens is 2. The Kier molecular flexibility index (Phi) is 4.32. The van der Waals surface area contributed by atoms with Crippen LogP contribution >= 0.6 is 0 Å². The zero-order valence-corrected chi connectivity index (χ0v) is 14.7. The van der Waals surface area contributed by atoms with E-state index in [2.05, 4.69) is 10.1 Å². The number of nitrogens with zero attached hydrogens (tertiary/aromatic N) is 2. The highest BCUT2D eigenvalue weighted by atomic mass is 32.2. The Labute approximate surface area is 150 Å². The molecule has 0 saturated heterocycles. The Morgan fingerprint density at radius 2 is 1.88 bits per heavy atom. The van der Waals surface area contributed by atoms with E-state index in [-0.39, 0.29) is 23.0 Å². The van der Waals surface area contributed by atoms with Gasteiger partial charge in [0.2, 0.25) is 11.7 Å². The van der Waals surface area contributed by atoms with Crippen molar-refractivity contribution in [2.24, 2.45) is 0 Å². The Bertz CT molecular complexity index is 1050. The lowest BCUT2D eigenvalue weighted by atomic mass is 9.91. The maximum absolute atomic E-state index is 13.8. The van der Waals surface area contributed by atoms with Crippen LogP contribution in [0.25, 0.3) is 11.4 Å². The average molecular weight is 372 g/mol. The molecule has 2 aromatic carbocycles. The van der Waals surface area contributed by atoms with E-state index < -0.39 is 20.9 Å². The third-order valence-electron chi connectivity index (χ3n) is 4.66. The molecule has 7 heteroatoms. The topological polar surface area (TPSA) is 73.1 Å². The van der Waals surface area contributed by atoms with Crippen molar-refractivity contribution in [3.8, 4) is 11.4 Å². The molecule has 0 fully saturated rings. The van der Waals surface area contributed by atoms with Crippen LogP contribution in [0.4, 0.5) is 4.39 Å². The lowest BCUT2D eigenvalue weighted by molar-refractivity contribution is 0.388. The van der Waals surface area contributed by atoms with E-state index in [1.165, 1.54) is 12.1 Å². The molecule has 5 nitrogen and oxygen atoms in total. The van der Waals surface area contributed by atoms with Crippen LogP contribution in [0.1, 0.15) is 35.1 Å². The minimum atomic E-state index is -3.52. The molecule has 0 spiro atoms. The summed E-state index contributed by atoms with van der Waals surface area (Å²) in [7, 11) is -3.52. The number of sulfone groups is 1. The highest BCUT2D eigenvalue weighted by Gasteiger charge is 2.33. The van der Waals surface area contributed by atoms with Crippen LogP contribution in [0.5, 0.6) is 0 Å². The van der Waals surface area contributed by atoms with Gasteiger partial charge in [-0.05, 0) is 42.5 Å². The largest absolute Gasteiger partial charge is 0.338 e. The molecule has 1 aliphatic rings. The average Bonchev–Trinajstić information content (AvgIpc) is 3.09. The SMILES string of the molecule is O=S(=O)(Cc1nc(-c2ccccc2F)no1)C1CCCc2ccccc21. The zero-order valence-electron chi connectivity index (χ0n) is 13.9. The molecule has 1 aliphatic carbocycles. The first-order chi connectivity index (χ1) is 12.5. The van der Waals surface area contributed by atoms with Crippen LogP contribution < -0.4 is 0 Å². The molecular formula is C19H17FN2O3S. The summed E-state index contributed by atoms with van der Waals surface area (Å²) in [5.74, 6) is -0.805. The van der Waals surface area contributed by atoms with Crippen molar-refractivity contribution < 1.29 is 17.3 Å². The van der Waals surface area contributed by atoms with Crippen molar-refractivity contribution in [2.45, 2.75) is 30.3 Å². The molecule has 26 heavy (non-hydrogen) atoms. The smallest absolute Gasteiger partial charge is 0.242 e. The molecule has 1 atom stereocenters. The molecule has 0 N–H and O–H groups in total. The van der Waals surface area contributed by atoms with Crippen molar-refractivity contribution in [1.29, 1.82) is 0 Å². The van der Waals surface area contributed by atoms with Gasteiger partial charge >= 0.3 is 0 Å². The number of hydrogen-bond acceptors (Lipinski definition) is 5. The Morgan fingerprint density at radius 1 is 1.12 bits per heavy atom. The fourth-order valence-electron chi connectivity index (χ4n) is 3.42. The molecule has 3 aromatic rings. The summed E-state index contributed by atoms with van der Waals surface area (Å²) in [4.78, 5) is 4.08. The summed E-state index contributed by atoms with van der Waals surface area (Å²) >= 11 is 0. The Balaban J connectivity index is 1.61. The van der Waals surface area contributed by atoms with Gasteiger partial charge in [0.25, 0.3) is 0 Å². The molecule has 1 aromatic heterocycles. The molecule has 0 bridgehead atoms. The highest BCUT2D eigenvalue weighted by Crippen LogP contribution is 2.37. The van der Waals surface area contributed by atoms with Crippen LogP contribution in [0.3, 0.4) is 0 Å². The van der Waals surface area contributed by atoms with Crippen LogP contribution in [-0.2, 0) is 22.0 Å². The fraction of sp³-hybridized carbons (Fsp3) is 0.263. The van der Waals surface area contributed by atoms with E-state index in [0.717, 1.165) is 24.0 Å². The van der Waals surface area contributed by atoms with Crippen LogP contribution in [0, 0.1) is 5.82 Å². The molecule has 0 amide bonds. The second-order valence-corrected chi connectivity index (χ2v) is 8.56. The fourth-order valence-corrected chi connectivity index (χ4v) is 5.23. The van der Waals surface area contributed by atoms with Gasteiger partial charge in [-0.15, -0.1) is 0 Å². The zero-order chi connectivity index (χ0) is 18.1. The van der Waals surface area contributed by atoms with E-state index in [0.29, 0.717) is 6.42 Å². The highest BCUT2D eigenvalue weighted by molar-refractivity contribution is 7.90. The summed E-state index contributed by atoms with van der Waals surface area (Å²) in [6, 6.07) is 13.7. The van der Waals surface area contributed by atoms with Crippen molar-refractivity contribution in [1.82, 2.24) is 10.1 Å². The molecule has 134 valence electrons. The minimum absolute atomic E-state index is 0.0219. The second kappa shape index (κ2) is 6.64. The number of aryl methyl sites for hydroxylation is 1. The molecule has 0 radical (unpaired) electrons. The monoisotopic (exact) mass is 372 g/mol. The second-order valence-electron chi connectivity index (χ2n) is 6.38. The van der Waals surface area contributed by atoms with E-state index in [9.17, 15) is 12.8 Å². The molecular weight excluding hydrogens is 355 g/mol. The van der Waals surface area contributed by atoms with Gasteiger partial charge in [0, 0.05) is 0 Å². The number of fused-ring (bicyclic) bond motifs is 1. The van der Waals surface area contributed by atoms with E-state index >= 15 is 0 Å². The third kappa shape index (κ3) is 3.14. The van der Waals surface area contributed by atoms with Gasteiger partial charge in [-0.1, -0.05) is 41.6 Å². The van der Waals surface area contributed by atoms with Crippen molar-refractivity contribution in [3.05, 3.63) is 71.4 Å². The maximum Gasteiger partial charge on any atom is 0.242 e. The van der Waals surface area contributed by atoms with Crippen LogP contribution in [0.2, 0.25) is 0 Å². The standard InChI is InChI=1S/C19H17FN2O3S/c20-16-10-4-3-9-15(16)19-21-18(25-22-19)12-26(23,24)17-11-5-7-13-6-1-2-8-14(13)17/h1-4,6,8-10,17H,5,7,11-12H2. The van der Waals surface area contributed by atoms with Crippen molar-refractivity contribution >= 4 is 9.84 Å². The molecule has 1 heterocycles. The number of rotatable bonds is 4. The van der Waals surface area contributed by atoms with Gasteiger partial charge in [-0.25, -0.2) is 12.8 Å². The molecule has 1 unspecified atom stereocenters. The third-order valence-corrected chi connectivity index (χ3v) is 6.66. The molecule has 4 rings (SSSR count). The molecule has 0 saturated carbocycles. The first-order valence-corrected chi connectivity index (χ1v) is 10.1. The van der Waals surface area contributed by atoms with E-state index in [1.807, 2.05) is 24.3 Å². The normalized spacial score (nSPS) is 17.0. The minimum Gasteiger partial charge on any atom is -0.338 e. The van der Waals surface area contributed by atoms with Crippen molar-refractivity contribution in [3.63, 3.8) is 0 Å². The first kappa shape index (κ1) is 16.9. The summed E-state index contributed by atoms with van der Waals surface area (Å²) in [5, 5.41) is 3.16. The van der Waals surface area contributed by atoms with Gasteiger partial charge in [0.1, 0.15) is 11.6 Å². The van der Waals surface area contributed by atoms with Gasteiger partial charge < -0.3 is 4.52 Å². The predicted octanol–water partition coefficient (Wildman–Crippen LogP) is 3.87. The Morgan fingerprint density at radius 3 is 2.73 bits per heavy atom. The van der Waals surface area contributed by atoms with Crippen LogP contribution in [-0.4, -0.2) is 18.6 Å². The summed E-state index contributed by atoms with van der Waals surface area (Å²) in [6.07, 6.45) is 2.29. The van der Waals surface area contributed by atoms with Gasteiger partial charge in [-0.3, -0.25) is 0 Å². The first-order valence-electron chi connectivity index (χ1n) is 8.41. The molecule has 0 aliphatic heterocycles. The Hall–Kier alpha value is -2.54. The van der Waals surface area contributed by atoms with Gasteiger partial charge in [0.05, 0.1) is 10.8 Å². The summed E-state index contributed by atoms with van der Waals surface area (Å²) in [6.45, 7) is 0.